The van der Waals surface area contributed by atoms with Crippen LogP contribution < -0.4 is 10.6 Å². The molecule has 2 atom stereocenters. The Morgan fingerprint density at radius 1 is 1.17 bits per heavy atom. The van der Waals surface area contributed by atoms with Crippen LogP contribution in [-0.2, 0) is 0 Å². The first-order valence-corrected chi connectivity index (χ1v) is 10.6. The number of hydrogen-bond donors (Lipinski definition) is 2. The van der Waals surface area contributed by atoms with E-state index >= 15 is 0 Å². The zero-order valence-electron chi connectivity index (χ0n) is 17.1. The van der Waals surface area contributed by atoms with E-state index in [0.717, 1.165) is 13.1 Å². The Labute approximate surface area is 171 Å². The van der Waals surface area contributed by atoms with Crippen molar-refractivity contribution in [1.29, 1.82) is 0 Å². The molecule has 3 rings (SSSR count). The molecule has 5 nitrogen and oxygen atoms in total. The van der Waals surface area contributed by atoms with Crippen LogP contribution in [0.4, 0.5) is 13.2 Å². The van der Waals surface area contributed by atoms with Gasteiger partial charge in [-0.1, -0.05) is 30.3 Å². The number of nitrogens with one attached hydrogen (secondary N) is 2. The Morgan fingerprint density at radius 3 is 2.55 bits per heavy atom. The maximum absolute atomic E-state index is 12.6. The lowest BCUT2D eigenvalue weighted by atomic mass is 10.1. The molecule has 0 saturated carbocycles. The minimum Gasteiger partial charge on any atom is -0.357 e. The van der Waals surface area contributed by atoms with Crippen LogP contribution in [0.5, 0.6) is 0 Å². The van der Waals surface area contributed by atoms with Gasteiger partial charge < -0.3 is 10.6 Å². The van der Waals surface area contributed by atoms with Crippen LogP contribution in [0.15, 0.2) is 35.3 Å². The summed E-state index contributed by atoms with van der Waals surface area (Å²) in [6, 6.07) is 10.6. The van der Waals surface area contributed by atoms with Crippen LogP contribution in [0.3, 0.4) is 0 Å². The highest BCUT2D eigenvalue weighted by molar-refractivity contribution is 5.80. The number of alkyl halides is 3. The summed E-state index contributed by atoms with van der Waals surface area (Å²) in [7, 11) is 0. The summed E-state index contributed by atoms with van der Waals surface area (Å²) in [5.74, 6) is 0.687. The number of aliphatic imine (C=N–C) groups is 1. The first-order chi connectivity index (χ1) is 13.9. The molecule has 1 aromatic carbocycles. The summed E-state index contributed by atoms with van der Waals surface area (Å²) in [5.41, 5.74) is 1.26. The minimum absolute atomic E-state index is 0.0166. The van der Waals surface area contributed by atoms with Gasteiger partial charge in [0, 0.05) is 25.7 Å². The monoisotopic (exact) mass is 411 g/mol. The summed E-state index contributed by atoms with van der Waals surface area (Å²) in [6.45, 7) is 5.49. The van der Waals surface area contributed by atoms with Crippen LogP contribution in [0.25, 0.3) is 0 Å². The van der Waals surface area contributed by atoms with E-state index in [-0.39, 0.29) is 12.1 Å². The smallest absolute Gasteiger partial charge is 0.357 e. The van der Waals surface area contributed by atoms with E-state index in [1.54, 1.807) is 0 Å². The number of halogens is 3. The van der Waals surface area contributed by atoms with Gasteiger partial charge in [0.25, 0.3) is 0 Å². The maximum Gasteiger partial charge on any atom is 0.401 e. The lowest BCUT2D eigenvalue weighted by Crippen LogP contribution is -2.45. The van der Waals surface area contributed by atoms with Crippen molar-refractivity contribution in [2.24, 2.45) is 4.99 Å². The molecule has 2 saturated heterocycles. The van der Waals surface area contributed by atoms with Crippen molar-refractivity contribution in [2.45, 2.75) is 44.4 Å². The molecule has 2 N–H and O–H groups in total. The minimum atomic E-state index is -4.15. The molecular formula is C21H32F3N5. The molecule has 0 radical (unpaired) electrons. The quantitative estimate of drug-likeness (QED) is 0.535. The molecule has 0 aromatic heterocycles. The fourth-order valence-corrected chi connectivity index (χ4v) is 4.20. The molecule has 0 aliphatic carbocycles. The normalized spacial score (nSPS) is 22.8. The van der Waals surface area contributed by atoms with Gasteiger partial charge in [0.05, 0.1) is 19.1 Å². The van der Waals surface area contributed by atoms with Crippen molar-refractivity contribution >= 4 is 5.96 Å². The second kappa shape index (κ2) is 10.3. The topological polar surface area (TPSA) is 42.9 Å². The molecule has 0 spiro atoms. The molecule has 1 aromatic rings. The lowest BCUT2D eigenvalue weighted by Gasteiger charge is -2.27. The van der Waals surface area contributed by atoms with Gasteiger partial charge in [-0.3, -0.25) is 14.8 Å². The van der Waals surface area contributed by atoms with E-state index in [9.17, 15) is 13.2 Å². The van der Waals surface area contributed by atoms with Crippen LogP contribution in [0.2, 0.25) is 0 Å². The number of likely N-dealkylation sites (tertiary alicyclic amines) is 2. The highest BCUT2D eigenvalue weighted by Gasteiger charge is 2.34. The van der Waals surface area contributed by atoms with Crippen LogP contribution in [0.1, 0.15) is 37.8 Å². The summed E-state index contributed by atoms with van der Waals surface area (Å²) in [4.78, 5) is 8.74. The van der Waals surface area contributed by atoms with E-state index in [1.165, 1.54) is 23.3 Å². The number of rotatable bonds is 7. The summed E-state index contributed by atoms with van der Waals surface area (Å²) >= 11 is 0. The predicted molar refractivity (Wildman–Crippen MR) is 110 cm³/mol. The van der Waals surface area contributed by atoms with E-state index in [4.69, 9.17) is 4.99 Å². The molecule has 29 heavy (non-hydrogen) atoms. The van der Waals surface area contributed by atoms with Crippen molar-refractivity contribution in [1.82, 2.24) is 20.4 Å². The molecular weight excluding hydrogens is 379 g/mol. The number of benzene rings is 1. The number of hydrogen-bond acceptors (Lipinski definition) is 3. The van der Waals surface area contributed by atoms with Crippen LogP contribution in [-0.4, -0.2) is 73.8 Å². The van der Waals surface area contributed by atoms with Gasteiger partial charge in [-0.25, -0.2) is 0 Å². The third kappa shape index (κ3) is 6.89. The molecule has 2 heterocycles. The third-order valence-corrected chi connectivity index (χ3v) is 5.55. The maximum atomic E-state index is 12.6. The van der Waals surface area contributed by atoms with E-state index in [0.29, 0.717) is 38.6 Å². The third-order valence-electron chi connectivity index (χ3n) is 5.55. The first-order valence-electron chi connectivity index (χ1n) is 10.6. The summed E-state index contributed by atoms with van der Waals surface area (Å²) in [6.07, 6.45) is -1.04. The van der Waals surface area contributed by atoms with Gasteiger partial charge in [-0.2, -0.15) is 13.2 Å². The standard InChI is InChI=1S/C21H32F3N5/c1-2-25-20(27-18-10-13-28(15-18)16-21(22,23)24)26-14-19(29-11-6-7-12-29)17-8-4-3-5-9-17/h3-5,8-9,18-19H,2,6-7,10-16H2,1H3,(H2,25,26,27). The zero-order chi connectivity index (χ0) is 20.7. The van der Waals surface area contributed by atoms with Gasteiger partial charge in [0.1, 0.15) is 0 Å². The van der Waals surface area contributed by atoms with Crippen molar-refractivity contribution in [3.63, 3.8) is 0 Å². The molecule has 0 amide bonds. The van der Waals surface area contributed by atoms with E-state index in [1.807, 2.05) is 13.0 Å². The largest absolute Gasteiger partial charge is 0.401 e. The second-order valence-corrected chi connectivity index (χ2v) is 7.87. The molecule has 2 aliphatic rings. The summed E-state index contributed by atoms with van der Waals surface area (Å²) < 4.78 is 37.9. The van der Waals surface area contributed by atoms with Gasteiger partial charge in [0.15, 0.2) is 5.96 Å². The van der Waals surface area contributed by atoms with Crippen LogP contribution >= 0.6 is 0 Å². The highest BCUT2D eigenvalue weighted by Crippen LogP contribution is 2.25. The first kappa shape index (κ1) is 21.9. The average molecular weight is 412 g/mol. The van der Waals surface area contributed by atoms with Crippen molar-refractivity contribution in [3.8, 4) is 0 Å². The SMILES string of the molecule is CCNC(=NCC(c1ccccc1)N1CCCC1)NC1CCN(CC(F)(F)F)C1. The summed E-state index contributed by atoms with van der Waals surface area (Å²) in [5, 5.41) is 6.59. The van der Waals surface area contributed by atoms with Gasteiger partial charge in [-0.15, -0.1) is 0 Å². The molecule has 2 aliphatic heterocycles. The Bertz CT molecular complexity index is 643. The van der Waals surface area contributed by atoms with Crippen molar-refractivity contribution in [2.75, 3.05) is 45.8 Å². The Balaban J connectivity index is 1.63. The van der Waals surface area contributed by atoms with Gasteiger partial charge >= 0.3 is 6.18 Å². The molecule has 8 heteroatoms. The number of nitrogens with zero attached hydrogens (tertiary/aromatic N) is 3. The number of guanidine groups is 1. The molecule has 2 fully saturated rings. The van der Waals surface area contributed by atoms with Crippen LogP contribution in [0, 0.1) is 0 Å². The van der Waals surface area contributed by atoms with Gasteiger partial charge in [0.2, 0.25) is 0 Å². The molecule has 162 valence electrons. The lowest BCUT2D eigenvalue weighted by molar-refractivity contribution is -0.143. The highest BCUT2D eigenvalue weighted by atomic mass is 19.4. The molecule has 0 bridgehead atoms. The Morgan fingerprint density at radius 2 is 1.90 bits per heavy atom. The fourth-order valence-electron chi connectivity index (χ4n) is 4.20. The van der Waals surface area contributed by atoms with Crippen molar-refractivity contribution in [3.05, 3.63) is 35.9 Å². The molecule has 2 unspecified atom stereocenters. The Kier molecular flexibility index (Phi) is 7.77. The second-order valence-electron chi connectivity index (χ2n) is 7.87. The van der Waals surface area contributed by atoms with Crippen molar-refractivity contribution < 1.29 is 13.2 Å². The average Bonchev–Trinajstić information content (AvgIpc) is 3.34. The van der Waals surface area contributed by atoms with E-state index in [2.05, 4.69) is 39.8 Å². The van der Waals surface area contributed by atoms with E-state index < -0.39 is 12.7 Å². The predicted octanol–water partition coefficient (Wildman–Crippen LogP) is 3.02. The zero-order valence-corrected chi connectivity index (χ0v) is 17.1. The van der Waals surface area contributed by atoms with Gasteiger partial charge in [-0.05, 0) is 44.8 Å². The Hall–Kier alpha value is -1.80. The fraction of sp³-hybridized carbons (Fsp3) is 0.667.